The van der Waals surface area contributed by atoms with Gasteiger partial charge in [0.05, 0.1) is 0 Å². The third kappa shape index (κ3) is 1.69. The molecule has 0 saturated carbocycles. The van der Waals surface area contributed by atoms with E-state index < -0.39 is 0 Å². The Hall–Kier alpha value is -2.34. The van der Waals surface area contributed by atoms with Crippen LogP contribution < -0.4 is 0 Å². The second-order valence-corrected chi connectivity index (χ2v) is 5.54. The predicted octanol–water partition coefficient (Wildman–Crippen LogP) is 5.40. The lowest BCUT2D eigenvalue weighted by molar-refractivity contribution is 1.41. The van der Waals surface area contributed by atoms with Crippen molar-refractivity contribution in [2.75, 3.05) is 0 Å². The van der Waals surface area contributed by atoms with Crippen molar-refractivity contribution in [3.05, 3.63) is 83.5 Å². The first-order chi connectivity index (χ1) is 9.83. The molecule has 0 fully saturated rings. The Balaban J connectivity index is 2.14. The average Bonchev–Trinajstić information content (AvgIpc) is 2.79. The van der Waals surface area contributed by atoms with Gasteiger partial charge in [-0.05, 0) is 46.7 Å². The summed E-state index contributed by atoms with van der Waals surface area (Å²) in [5.41, 5.74) is 9.61. The molecule has 0 atom stereocenters. The summed E-state index contributed by atoms with van der Waals surface area (Å²) in [7, 11) is 0. The Morgan fingerprint density at radius 1 is 0.700 bits per heavy atom. The summed E-state index contributed by atoms with van der Waals surface area (Å²) in [6, 6.07) is 15.6. The lowest BCUT2D eigenvalue weighted by atomic mass is 9.93. The summed E-state index contributed by atoms with van der Waals surface area (Å²) in [6.07, 6.45) is 9.82. The summed E-state index contributed by atoms with van der Waals surface area (Å²) < 4.78 is 0. The van der Waals surface area contributed by atoms with E-state index in [1.165, 1.54) is 39.0 Å². The molecule has 0 heterocycles. The third-order valence-corrected chi connectivity index (χ3v) is 4.17. The van der Waals surface area contributed by atoms with Crippen LogP contribution in [0.3, 0.4) is 0 Å². The van der Waals surface area contributed by atoms with Crippen LogP contribution >= 0.6 is 0 Å². The molecule has 20 heavy (non-hydrogen) atoms. The van der Waals surface area contributed by atoms with Gasteiger partial charge in [-0.15, -0.1) is 0 Å². The molecule has 96 valence electrons. The topological polar surface area (TPSA) is 0 Å². The fourth-order valence-corrected chi connectivity index (χ4v) is 3.20. The molecule has 0 amide bonds. The summed E-state index contributed by atoms with van der Waals surface area (Å²) in [6.45, 7) is 2.17. The van der Waals surface area contributed by atoms with Gasteiger partial charge in [0.1, 0.15) is 0 Å². The van der Waals surface area contributed by atoms with Gasteiger partial charge in [-0.3, -0.25) is 0 Å². The summed E-state index contributed by atoms with van der Waals surface area (Å²) >= 11 is 0. The number of aryl methyl sites for hydroxylation is 1. The molecule has 0 radical (unpaired) electrons. The summed E-state index contributed by atoms with van der Waals surface area (Å²) in [4.78, 5) is 0. The Kier molecular flexibility index (Phi) is 2.50. The maximum Gasteiger partial charge on any atom is -0.00135 e. The van der Waals surface area contributed by atoms with Gasteiger partial charge in [0.25, 0.3) is 0 Å². The highest BCUT2D eigenvalue weighted by molar-refractivity contribution is 5.96. The molecule has 4 rings (SSSR count). The maximum absolute atomic E-state index is 2.32. The van der Waals surface area contributed by atoms with Crippen molar-refractivity contribution < 1.29 is 0 Å². The number of rotatable bonds is 0. The molecule has 0 heteroatoms. The Morgan fingerprint density at radius 3 is 2.10 bits per heavy atom. The fourth-order valence-electron chi connectivity index (χ4n) is 3.20. The minimum Gasteiger partial charge on any atom is -0.0620 e. The van der Waals surface area contributed by atoms with Gasteiger partial charge in [0.15, 0.2) is 0 Å². The van der Waals surface area contributed by atoms with Gasteiger partial charge in [-0.25, -0.2) is 0 Å². The van der Waals surface area contributed by atoms with E-state index in [1.807, 2.05) is 0 Å². The number of allylic oxidation sites excluding steroid dienone is 6. The van der Waals surface area contributed by atoms with Gasteiger partial charge in [0.2, 0.25) is 0 Å². The van der Waals surface area contributed by atoms with E-state index in [0.717, 1.165) is 6.42 Å². The van der Waals surface area contributed by atoms with E-state index in [2.05, 4.69) is 73.7 Å². The third-order valence-electron chi connectivity index (χ3n) is 4.17. The van der Waals surface area contributed by atoms with Gasteiger partial charge in [0, 0.05) is 0 Å². The summed E-state index contributed by atoms with van der Waals surface area (Å²) in [5.74, 6) is 0. The second-order valence-electron chi connectivity index (χ2n) is 5.54. The number of hydrogen-bond acceptors (Lipinski definition) is 0. The standard InChI is InChI=1S/C20H16/c1-14-10-11-18-16-7-3-2-6-15(13-16)17-8-4-5-9-19(17)20(18)12-14/h2-12H,13H2,1H3. The van der Waals surface area contributed by atoms with Crippen LogP contribution in [0.5, 0.6) is 0 Å². The minimum atomic E-state index is 1.01. The zero-order valence-corrected chi connectivity index (χ0v) is 11.6. The van der Waals surface area contributed by atoms with Crippen molar-refractivity contribution >= 4 is 11.1 Å². The molecule has 0 N–H and O–H groups in total. The average molecular weight is 256 g/mol. The van der Waals surface area contributed by atoms with Crippen LogP contribution in [0.4, 0.5) is 0 Å². The van der Waals surface area contributed by atoms with Crippen molar-refractivity contribution in [3.8, 4) is 11.1 Å². The Labute approximate surface area is 119 Å². The molecule has 2 aromatic rings. The zero-order valence-electron chi connectivity index (χ0n) is 11.6. The van der Waals surface area contributed by atoms with Gasteiger partial charge in [-0.2, -0.15) is 0 Å². The first-order valence-electron chi connectivity index (χ1n) is 7.10. The molecule has 0 nitrogen and oxygen atoms in total. The molecule has 0 saturated heterocycles. The van der Waals surface area contributed by atoms with E-state index in [4.69, 9.17) is 0 Å². The van der Waals surface area contributed by atoms with Crippen LogP contribution in [-0.2, 0) is 0 Å². The van der Waals surface area contributed by atoms with Crippen LogP contribution in [0, 0.1) is 6.92 Å². The normalized spacial score (nSPS) is 15.4. The molecular formula is C20H16. The van der Waals surface area contributed by atoms with E-state index in [9.17, 15) is 0 Å². The molecule has 2 bridgehead atoms. The zero-order chi connectivity index (χ0) is 13.5. The van der Waals surface area contributed by atoms with Crippen molar-refractivity contribution in [2.45, 2.75) is 13.3 Å². The van der Waals surface area contributed by atoms with Crippen LogP contribution in [0.1, 0.15) is 23.1 Å². The maximum atomic E-state index is 2.32. The molecular weight excluding hydrogens is 240 g/mol. The molecule has 0 spiro atoms. The number of hydrogen-bond donors (Lipinski definition) is 0. The Bertz CT molecular complexity index is 785. The minimum absolute atomic E-state index is 1.01. The van der Waals surface area contributed by atoms with E-state index >= 15 is 0 Å². The number of fused-ring (bicyclic) bond motifs is 7. The smallest absolute Gasteiger partial charge is 0.00135 e. The van der Waals surface area contributed by atoms with Gasteiger partial charge < -0.3 is 0 Å². The van der Waals surface area contributed by atoms with Crippen LogP contribution in [0.25, 0.3) is 22.3 Å². The highest BCUT2D eigenvalue weighted by Crippen LogP contribution is 2.43. The van der Waals surface area contributed by atoms with E-state index in [1.54, 1.807) is 0 Å². The fraction of sp³-hybridized carbons (Fsp3) is 0.100. The Morgan fingerprint density at radius 2 is 1.35 bits per heavy atom. The van der Waals surface area contributed by atoms with Crippen LogP contribution in [-0.4, -0.2) is 0 Å². The summed E-state index contributed by atoms with van der Waals surface area (Å²) in [5, 5.41) is 0. The van der Waals surface area contributed by atoms with Gasteiger partial charge in [-0.1, -0.05) is 72.3 Å². The van der Waals surface area contributed by atoms with Gasteiger partial charge >= 0.3 is 0 Å². The van der Waals surface area contributed by atoms with Crippen LogP contribution in [0.15, 0.2) is 66.8 Å². The van der Waals surface area contributed by atoms with Crippen molar-refractivity contribution in [1.82, 2.24) is 0 Å². The highest BCUT2D eigenvalue weighted by atomic mass is 14.2. The number of benzene rings is 2. The molecule has 2 aromatic carbocycles. The first-order valence-corrected chi connectivity index (χ1v) is 7.10. The molecule has 2 aliphatic carbocycles. The molecule has 2 aliphatic rings. The van der Waals surface area contributed by atoms with Crippen LogP contribution in [0.2, 0.25) is 0 Å². The highest BCUT2D eigenvalue weighted by Gasteiger charge is 2.20. The molecule has 0 aromatic heterocycles. The molecule has 0 aliphatic heterocycles. The first kappa shape index (κ1) is 11.5. The SMILES string of the molecule is Cc1ccc2c(c1)-c1ccccc1C1=CC=CC=C2C1. The predicted molar refractivity (Wildman–Crippen MR) is 86.3 cm³/mol. The van der Waals surface area contributed by atoms with E-state index in [0.29, 0.717) is 0 Å². The quantitative estimate of drug-likeness (QED) is 0.592. The van der Waals surface area contributed by atoms with Crippen molar-refractivity contribution in [1.29, 1.82) is 0 Å². The van der Waals surface area contributed by atoms with E-state index in [-0.39, 0.29) is 0 Å². The lowest BCUT2D eigenvalue weighted by Crippen LogP contribution is -1.89. The monoisotopic (exact) mass is 256 g/mol. The van der Waals surface area contributed by atoms with Crippen molar-refractivity contribution in [3.63, 3.8) is 0 Å². The van der Waals surface area contributed by atoms with Crippen molar-refractivity contribution in [2.24, 2.45) is 0 Å². The largest absolute Gasteiger partial charge is 0.0620 e. The second kappa shape index (κ2) is 4.35. The molecule has 0 unspecified atom stereocenters. The lowest BCUT2D eigenvalue weighted by Gasteiger charge is -2.11.